The Morgan fingerprint density at radius 1 is 1.15 bits per heavy atom. The standard InChI is InChI=1S/C14H13F3N2O/c1-20-12-5-3-2-4-9(12)13(18)10-8-19-7-6-11(10)14(15,16)17/h2-8,13H,18H2,1H3. The number of alkyl halides is 3. The molecule has 0 radical (unpaired) electrons. The summed E-state index contributed by atoms with van der Waals surface area (Å²) in [6.45, 7) is 0. The number of hydrogen-bond acceptors (Lipinski definition) is 3. The van der Waals surface area contributed by atoms with E-state index in [2.05, 4.69) is 4.98 Å². The first-order chi connectivity index (χ1) is 9.45. The van der Waals surface area contributed by atoms with Crippen LogP contribution in [-0.4, -0.2) is 12.1 Å². The van der Waals surface area contributed by atoms with Crippen LogP contribution in [0, 0.1) is 0 Å². The van der Waals surface area contributed by atoms with E-state index in [-0.39, 0.29) is 5.56 Å². The molecule has 1 heterocycles. The zero-order valence-corrected chi connectivity index (χ0v) is 10.7. The van der Waals surface area contributed by atoms with Crippen LogP contribution in [0.1, 0.15) is 22.7 Å². The Balaban J connectivity index is 2.52. The molecule has 106 valence electrons. The minimum absolute atomic E-state index is 0.0792. The van der Waals surface area contributed by atoms with Gasteiger partial charge in [0.05, 0.1) is 18.7 Å². The lowest BCUT2D eigenvalue weighted by Crippen LogP contribution is -2.19. The van der Waals surface area contributed by atoms with Gasteiger partial charge in [0.2, 0.25) is 0 Å². The van der Waals surface area contributed by atoms with Crippen LogP contribution in [0.3, 0.4) is 0 Å². The Labute approximate surface area is 114 Å². The predicted octanol–water partition coefficient (Wildman–Crippen LogP) is 3.16. The van der Waals surface area contributed by atoms with Crippen LogP contribution in [0.4, 0.5) is 13.2 Å². The molecule has 0 amide bonds. The molecule has 0 spiro atoms. The van der Waals surface area contributed by atoms with Crippen molar-refractivity contribution in [3.8, 4) is 5.75 Å². The monoisotopic (exact) mass is 282 g/mol. The summed E-state index contributed by atoms with van der Waals surface area (Å²) < 4.78 is 44.1. The summed E-state index contributed by atoms with van der Waals surface area (Å²) in [5.74, 6) is 0.442. The molecular weight excluding hydrogens is 269 g/mol. The van der Waals surface area contributed by atoms with E-state index >= 15 is 0 Å². The Kier molecular flexibility index (Phi) is 3.94. The number of nitrogens with two attached hydrogens (primary N) is 1. The van der Waals surface area contributed by atoms with Gasteiger partial charge < -0.3 is 10.5 Å². The Morgan fingerprint density at radius 3 is 2.50 bits per heavy atom. The van der Waals surface area contributed by atoms with E-state index in [9.17, 15) is 13.2 Å². The number of pyridine rings is 1. The summed E-state index contributed by atoms with van der Waals surface area (Å²) >= 11 is 0. The van der Waals surface area contributed by atoms with E-state index in [1.54, 1.807) is 24.3 Å². The number of methoxy groups -OCH3 is 1. The van der Waals surface area contributed by atoms with E-state index in [0.29, 0.717) is 11.3 Å². The summed E-state index contributed by atoms with van der Waals surface area (Å²) in [5.41, 5.74) is 5.58. The lowest BCUT2D eigenvalue weighted by Gasteiger charge is -2.19. The maximum atomic E-state index is 13.0. The van der Waals surface area contributed by atoms with Gasteiger partial charge in [-0.3, -0.25) is 4.98 Å². The molecule has 0 aliphatic carbocycles. The van der Waals surface area contributed by atoms with Crippen LogP contribution in [-0.2, 0) is 6.18 Å². The quantitative estimate of drug-likeness (QED) is 0.940. The fourth-order valence-electron chi connectivity index (χ4n) is 2.00. The third-order valence-corrected chi connectivity index (χ3v) is 2.97. The first-order valence-electron chi connectivity index (χ1n) is 5.84. The maximum Gasteiger partial charge on any atom is 0.416 e. The van der Waals surface area contributed by atoms with Crippen molar-refractivity contribution in [2.75, 3.05) is 7.11 Å². The Morgan fingerprint density at radius 2 is 1.85 bits per heavy atom. The van der Waals surface area contributed by atoms with Gasteiger partial charge in [-0.05, 0) is 12.1 Å². The molecule has 3 nitrogen and oxygen atoms in total. The molecule has 2 N–H and O–H groups in total. The molecule has 6 heteroatoms. The summed E-state index contributed by atoms with van der Waals surface area (Å²) in [6, 6.07) is 6.67. The number of nitrogens with zero attached hydrogens (tertiary/aromatic N) is 1. The van der Waals surface area contributed by atoms with Crippen molar-refractivity contribution in [2.45, 2.75) is 12.2 Å². The van der Waals surface area contributed by atoms with Gasteiger partial charge in [-0.15, -0.1) is 0 Å². The number of halogens is 3. The van der Waals surface area contributed by atoms with Crippen molar-refractivity contribution in [2.24, 2.45) is 5.73 Å². The van der Waals surface area contributed by atoms with Crippen molar-refractivity contribution in [3.63, 3.8) is 0 Å². The van der Waals surface area contributed by atoms with Gasteiger partial charge in [-0.1, -0.05) is 18.2 Å². The lowest BCUT2D eigenvalue weighted by atomic mass is 9.96. The van der Waals surface area contributed by atoms with E-state index in [0.717, 1.165) is 18.5 Å². The number of hydrogen-bond donors (Lipinski definition) is 1. The molecule has 0 fully saturated rings. The lowest BCUT2D eigenvalue weighted by molar-refractivity contribution is -0.138. The van der Waals surface area contributed by atoms with Crippen LogP contribution in [0.5, 0.6) is 5.75 Å². The molecule has 20 heavy (non-hydrogen) atoms. The van der Waals surface area contributed by atoms with Gasteiger partial charge in [0, 0.05) is 23.5 Å². The summed E-state index contributed by atoms with van der Waals surface area (Å²) in [5, 5.41) is 0. The maximum absolute atomic E-state index is 13.0. The average Bonchev–Trinajstić information content (AvgIpc) is 2.45. The number of para-hydroxylation sites is 1. The number of ether oxygens (including phenoxy) is 1. The van der Waals surface area contributed by atoms with Crippen molar-refractivity contribution >= 4 is 0 Å². The smallest absolute Gasteiger partial charge is 0.416 e. The van der Waals surface area contributed by atoms with Crippen molar-refractivity contribution in [1.82, 2.24) is 4.98 Å². The van der Waals surface area contributed by atoms with Crippen LogP contribution in [0.25, 0.3) is 0 Å². The Bertz CT molecular complexity index is 599. The van der Waals surface area contributed by atoms with Crippen molar-refractivity contribution in [3.05, 3.63) is 59.4 Å². The van der Waals surface area contributed by atoms with E-state index < -0.39 is 17.8 Å². The first kappa shape index (κ1) is 14.3. The van der Waals surface area contributed by atoms with E-state index in [1.807, 2.05) is 0 Å². The normalized spacial score (nSPS) is 13.1. The fraction of sp³-hybridized carbons (Fsp3) is 0.214. The van der Waals surface area contributed by atoms with Crippen LogP contribution < -0.4 is 10.5 Å². The Hall–Kier alpha value is -2.08. The SMILES string of the molecule is COc1ccccc1C(N)c1cnccc1C(F)(F)F. The van der Waals surface area contributed by atoms with Gasteiger partial charge in [0.25, 0.3) is 0 Å². The molecule has 0 aliphatic rings. The van der Waals surface area contributed by atoms with Crippen LogP contribution in [0.15, 0.2) is 42.7 Å². The van der Waals surface area contributed by atoms with Gasteiger partial charge in [-0.25, -0.2) is 0 Å². The molecule has 0 saturated heterocycles. The van der Waals surface area contributed by atoms with E-state index in [1.165, 1.54) is 7.11 Å². The predicted molar refractivity (Wildman–Crippen MR) is 68.3 cm³/mol. The summed E-state index contributed by atoms with van der Waals surface area (Å²) in [4.78, 5) is 3.74. The van der Waals surface area contributed by atoms with E-state index in [4.69, 9.17) is 10.5 Å². The van der Waals surface area contributed by atoms with Gasteiger partial charge >= 0.3 is 6.18 Å². The largest absolute Gasteiger partial charge is 0.496 e. The van der Waals surface area contributed by atoms with Crippen molar-refractivity contribution < 1.29 is 17.9 Å². The molecule has 0 bridgehead atoms. The number of benzene rings is 1. The third-order valence-electron chi connectivity index (χ3n) is 2.97. The molecule has 1 aromatic carbocycles. The third kappa shape index (κ3) is 2.75. The zero-order chi connectivity index (χ0) is 14.8. The zero-order valence-electron chi connectivity index (χ0n) is 10.7. The van der Waals surface area contributed by atoms with Crippen LogP contribution in [0.2, 0.25) is 0 Å². The molecule has 2 aromatic rings. The molecule has 2 rings (SSSR count). The number of aromatic nitrogens is 1. The molecule has 1 aromatic heterocycles. The van der Waals surface area contributed by atoms with Gasteiger partial charge in [0.15, 0.2) is 0 Å². The highest BCUT2D eigenvalue weighted by Gasteiger charge is 2.35. The highest BCUT2D eigenvalue weighted by atomic mass is 19.4. The highest BCUT2D eigenvalue weighted by Crippen LogP contribution is 2.36. The van der Waals surface area contributed by atoms with Gasteiger partial charge in [-0.2, -0.15) is 13.2 Å². The molecular formula is C14H13F3N2O. The first-order valence-corrected chi connectivity index (χ1v) is 5.84. The molecule has 1 unspecified atom stereocenters. The fourth-order valence-corrected chi connectivity index (χ4v) is 2.00. The molecule has 0 aliphatic heterocycles. The van der Waals surface area contributed by atoms with Gasteiger partial charge in [0.1, 0.15) is 5.75 Å². The summed E-state index contributed by atoms with van der Waals surface area (Å²) in [6.07, 6.45) is -2.24. The second kappa shape index (κ2) is 5.50. The number of rotatable bonds is 3. The topological polar surface area (TPSA) is 48.1 Å². The van der Waals surface area contributed by atoms with Crippen molar-refractivity contribution in [1.29, 1.82) is 0 Å². The molecule has 1 atom stereocenters. The minimum atomic E-state index is -4.47. The highest BCUT2D eigenvalue weighted by molar-refractivity contribution is 5.43. The minimum Gasteiger partial charge on any atom is -0.496 e. The second-order valence-corrected chi connectivity index (χ2v) is 4.18. The molecule has 0 saturated carbocycles. The summed E-state index contributed by atoms with van der Waals surface area (Å²) in [7, 11) is 1.44. The van der Waals surface area contributed by atoms with Crippen LogP contribution >= 0.6 is 0 Å². The second-order valence-electron chi connectivity index (χ2n) is 4.18. The average molecular weight is 282 g/mol.